The molecule has 0 aliphatic rings. The molecule has 0 N–H and O–H groups in total. The molecular formula is C12H10BrN3O2. The summed E-state index contributed by atoms with van der Waals surface area (Å²) in [5, 5.41) is 7.67. The molecule has 0 amide bonds. The van der Waals surface area contributed by atoms with E-state index in [-0.39, 0.29) is 23.7 Å². The van der Waals surface area contributed by atoms with Gasteiger partial charge in [-0.25, -0.2) is 0 Å². The quantitative estimate of drug-likeness (QED) is 0.640. The van der Waals surface area contributed by atoms with Crippen LogP contribution in [0.2, 0.25) is 0 Å². The van der Waals surface area contributed by atoms with Gasteiger partial charge in [0.05, 0.1) is 12.6 Å². The highest BCUT2D eigenvalue weighted by atomic mass is 79.9. The summed E-state index contributed by atoms with van der Waals surface area (Å²) in [6.45, 7) is 0. The minimum absolute atomic E-state index is 0.199. The fraction of sp³-hybridized carbons (Fsp3) is 0.167. The third-order valence-electron chi connectivity index (χ3n) is 2.35. The summed E-state index contributed by atoms with van der Waals surface area (Å²) in [5.41, 5.74) is 0.711. The van der Waals surface area contributed by atoms with E-state index >= 15 is 0 Å². The normalized spacial score (nSPS) is 10.3. The summed E-state index contributed by atoms with van der Waals surface area (Å²) in [7, 11) is 1.62. The molecule has 18 heavy (non-hydrogen) atoms. The van der Waals surface area contributed by atoms with Crippen LogP contribution < -0.4 is 0 Å². The van der Waals surface area contributed by atoms with E-state index in [1.54, 1.807) is 25.2 Å². The zero-order valence-electron chi connectivity index (χ0n) is 9.63. The second kappa shape index (κ2) is 5.22. The van der Waals surface area contributed by atoms with Crippen LogP contribution in [0.3, 0.4) is 0 Å². The van der Waals surface area contributed by atoms with E-state index in [4.69, 9.17) is 0 Å². The molecule has 92 valence electrons. The van der Waals surface area contributed by atoms with E-state index < -0.39 is 0 Å². The highest BCUT2D eigenvalue weighted by Crippen LogP contribution is 2.14. The Hall–Kier alpha value is -1.82. The van der Waals surface area contributed by atoms with E-state index in [0.717, 1.165) is 4.47 Å². The predicted molar refractivity (Wildman–Crippen MR) is 68.4 cm³/mol. The first kappa shape index (κ1) is 12.6. The number of carbonyl (C=O) groups is 2. The summed E-state index contributed by atoms with van der Waals surface area (Å²) in [5.74, 6) is -0.556. The van der Waals surface area contributed by atoms with E-state index in [2.05, 4.69) is 26.1 Å². The summed E-state index contributed by atoms with van der Waals surface area (Å²) in [6.07, 6.45) is 1.16. The first-order valence-electron chi connectivity index (χ1n) is 5.24. The fourth-order valence-corrected chi connectivity index (χ4v) is 1.87. The van der Waals surface area contributed by atoms with Gasteiger partial charge >= 0.3 is 0 Å². The van der Waals surface area contributed by atoms with Crippen LogP contribution in [0, 0.1) is 0 Å². The zero-order valence-corrected chi connectivity index (χ0v) is 11.2. The Morgan fingerprint density at radius 1 is 1.33 bits per heavy atom. The van der Waals surface area contributed by atoms with E-state index in [1.807, 2.05) is 6.07 Å². The molecule has 0 aliphatic heterocycles. The van der Waals surface area contributed by atoms with Gasteiger partial charge < -0.3 is 0 Å². The molecule has 6 heteroatoms. The van der Waals surface area contributed by atoms with Crippen LogP contribution in [0.5, 0.6) is 0 Å². The second-order valence-corrected chi connectivity index (χ2v) is 4.67. The van der Waals surface area contributed by atoms with Gasteiger partial charge in [-0.05, 0) is 12.1 Å². The highest BCUT2D eigenvalue weighted by Gasteiger charge is 2.16. The van der Waals surface area contributed by atoms with Crippen molar-refractivity contribution in [2.75, 3.05) is 0 Å². The maximum atomic E-state index is 11.9. The number of rotatable bonds is 4. The van der Waals surface area contributed by atoms with Gasteiger partial charge in [-0.15, -0.1) is 0 Å². The van der Waals surface area contributed by atoms with Gasteiger partial charge in [-0.3, -0.25) is 9.59 Å². The molecule has 1 aromatic carbocycles. The van der Waals surface area contributed by atoms with Crippen molar-refractivity contribution in [1.82, 2.24) is 15.0 Å². The molecule has 1 aromatic heterocycles. The third-order valence-corrected chi connectivity index (χ3v) is 2.85. The molecule has 0 spiro atoms. The van der Waals surface area contributed by atoms with Gasteiger partial charge in [0.2, 0.25) is 0 Å². The average molecular weight is 308 g/mol. The van der Waals surface area contributed by atoms with Crippen LogP contribution in [0.1, 0.15) is 27.3 Å². The maximum Gasteiger partial charge on any atom is 0.192 e. The zero-order chi connectivity index (χ0) is 13.1. The molecule has 1 heterocycles. The van der Waals surface area contributed by atoms with Gasteiger partial charge in [0.25, 0.3) is 0 Å². The number of hydrogen-bond donors (Lipinski definition) is 0. The molecule has 0 atom stereocenters. The summed E-state index contributed by atoms with van der Waals surface area (Å²) in [4.78, 5) is 25.0. The lowest BCUT2D eigenvalue weighted by atomic mass is 10.1. The van der Waals surface area contributed by atoms with Crippen molar-refractivity contribution in [1.29, 1.82) is 0 Å². The van der Waals surface area contributed by atoms with Crippen LogP contribution >= 0.6 is 15.9 Å². The van der Waals surface area contributed by atoms with Crippen molar-refractivity contribution < 1.29 is 9.59 Å². The largest absolute Gasteiger partial charge is 0.294 e. The summed E-state index contributed by atoms with van der Waals surface area (Å²) in [6, 6.07) is 6.94. The van der Waals surface area contributed by atoms with Crippen molar-refractivity contribution in [3.05, 3.63) is 46.2 Å². The number of benzene rings is 1. The van der Waals surface area contributed by atoms with E-state index in [9.17, 15) is 9.59 Å². The predicted octanol–water partition coefficient (Wildman–Crippen LogP) is 2.03. The number of aryl methyl sites for hydroxylation is 1. The molecular weight excluding hydrogens is 298 g/mol. The van der Waals surface area contributed by atoms with Crippen LogP contribution in [-0.4, -0.2) is 26.6 Å². The van der Waals surface area contributed by atoms with Gasteiger partial charge in [0.15, 0.2) is 11.6 Å². The fourth-order valence-electron chi connectivity index (χ4n) is 1.47. The molecule has 0 aliphatic carbocycles. The smallest absolute Gasteiger partial charge is 0.192 e. The first-order chi connectivity index (χ1) is 8.56. The summed E-state index contributed by atoms with van der Waals surface area (Å²) >= 11 is 3.28. The molecule has 0 unspecified atom stereocenters. The van der Waals surface area contributed by atoms with Crippen LogP contribution in [0.4, 0.5) is 0 Å². The van der Waals surface area contributed by atoms with Gasteiger partial charge in [0.1, 0.15) is 5.69 Å². The average Bonchev–Trinajstić information content (AvgIpc) is 2.76. The standard InChI is InChI=1S/C12H10BrN3O2/c1-16-14-7-10(15-16)12(18)6-11(17)8-3-2-4-9(13)5-8/h2-5,7H,6H2,1H3. The number of hydrogen-bond acceptors (Lipinski definition) is 4. The number of Topliss-reactive ketones (excluding diaryl/α,β-unsaturated/α-hetero) is 2. The maximum absolute atomic E-state index is 11.9. The number of carbonyl (C=O) groups excluding carboxylic acids is 2. The molecule has 0 radical (unpaired) electrons. The lowest BCUT2D eigenvalue weighted by Gasteiger charge is -1.99. The lowest BCUT2D eigenvalue weighted by molar-refractivity contribution is 0.0891. The van der Waals surface area contributed by atoms with Crippen molar-refractivity contribution in [2.24, 2.45) is 7.05 Å². The Kier molecular flexibility index (Phi) is 3.66. The number of aromatic nitrogens is 3. The highest BCUT2D eigenvalue weighted by molar-refractivity contribution is 9.10. The van der Waals surface area contributed by atoms with Crippen molar-refractivity contribution in [3.8, 4) is 0 Å². The number of nitrogens with zero attached hydrogens (tertiary/aromatic N) is 3. The molecule has 2 rings (SSSR count). The van der Waals surface area contributed by atoms with Crippen molar-refractivity contribution >= 4 is 27.5 Å². The Morgan fingerprint density at radius 2 is 2.11 bits per heavy atom. The first-order valence-corrected chi connectivity index (χ1v) is 6.04. The monoisotopic (exact) mass is 307 g/mol. The molecule has 0 saturated heterocycles. The Labute approximate surface area is 112 Å². The number of halogens is 1. The van der Waals surface area contributed by atoms with Crippen molar-refractivity contribution in [3.63, 3.8) is 0 Å². The molecule has 5 nitrogen and oxygen atoms in total. The number of ketones is 2. The third kappa shape index (κ3) is 2.89. The minimum atomic E-state index is -0.326. The minimum Gasteiger partial charge on any atom is -0.294 e. The molecule has 0 bridgehead atoms. The van der Waals surface area contributed by atoms with Crippen LogP contribution in [0.25, 0.3) is 0 Å². The van der Waals surface area contributed by atoms with Crippen LogP contribution in [-0.2, 0) is 7.05 Å². The van der Waals surface area contributed by atoms with Gasteiger partial charge in [-0.2, -0.15) is 15.0 Å². The SMILES string of the molecule is Cn1ncc(C(=O)CC(=O)c2cccc(Br)c2)n1. The van der Waals surface area contributed by atoms with Gasteiger partial charge in [-0.1, -0.05) is 28.1 Å². The summed E-state index contributed by atoms with van der Waals surface area (Å²) < 4.78 is 0.806. The molecule has 2 aromatic rings. The van der Waals surface area contributed by atoms with Crippen molar-refractivity contribution in [2.45, 2.75) is 6.42 Å². The molecule has 0 saturated carbocycles. The van der Waals surface area contributed by atoms with Gasteiger partial charge in [0, 0.05) is 17.1 Å². The topological polar surface area (TPSA) is 64.8 Å². The molecule has 0 fully saturated rings. The Bertz CT molecular complexity index is 607. The van der Waals surface area contributed by atoms with Crippen LogP contribution in [0.15, 0.2) is 34.9 Å². The second-order valence-electron chi connectivity index (χ2n) is 3.75. The Balaban J connectivity index is 2.10. The Morgan fingerprint density at radius 3 is 2.72 bits per heavy atom. The lowest BCUT2D eigenvalue weighted by Crippen LogP contribution is -2.09. The van der Waals surface area contributed by atoms with E-state index in [1.165, 1.54) is 11.0 Å². The van der Waals surface area contributed by atoms with E-state index in [0.29, 0.717) is 5.56 Å².